The summed E-state index contributed by atoms with van der Waals surface area (Å²) in [5, 5.41) is 10.0. The van der Waals surface area contributed by atoms with Gasteiger partial charge in [-0.15, -0.1) is 0 Å². The molecule has 28 heavy (non-hydrogen) atoms. The topological polar surface area (TPSA) is 73.6 Å². The van der Waals surface area contributed by atoms with Crippen molar-refractivity contribution in [3.05, 3.63) is 46.5 Å². The average molecular weight is 409 g/mol. The Morgan fingerprint density at radius 1 is 1.25 bits per heavy atom. The summed E-state index contributed by atoms with van der Waals surface area (Å²) in [5.74, 6) is 1.13. The number of unbranched alkanes of at least 4 members (excludes halogenated alkanes) is 1. The van der Waals surface area contributed by atoms with E-state index in [0.717, 1.165) is 37.1 Å². The van der Waals surface area contributed by atoms with Crippen LogP contribution >= 0.6 is 11.6 Å². The Kier molecular flexibility index (Phi) is 8.80. The lowest BCUT2D eigenvalue weighted by Gasteiger charge is -2.17. The fraction of sp³-hybridized carbons (Fsp3) is 0.524. The van der Waals surface area contributed by atoms with Gasteiger partial charge in [-0.05, 0) is 30.5 Å². The minimum Gasteiger partial charge on any atom is -0.479 e. The van der Waals surface area contributed by atoms with Crippen LogP contribution in [-0.2, 0) is 29.1 Å². The van der Waals surface area contributed by atoms with Crippen LogP contribution < -0.4 is 4.74 Å². The second-order valence-corrected chi connectivity index (χ2v) is 7.03. The van der Waals surface area contributed by atoms with E-state index in [4.69, 9.17) is 21.1 Å². The number of ether oxygens (including phenoxy) is 2. The van der Waals surface area contributed by atoms with Gasteiger partial charge < -0.3 is 19.1 Å². The Labute approximate surface area is 171 Å². The first-order valence-corrected chi connectivity index (χ1v) is 10.1. The highest BCUT2D eigenvalue weighted by Gasteiger charge is 2.20. The molecule has 1 aromatic carbocycles. The highest BCUT2D eigenvalue weighted by molar-refractivity contribution is 6.30. The van der Waals surface area contributed by atoms with Gasteiger partial charge in [-0.25, -0.2) is 9.78 Å². The zero-order chi connectivity index (χ0) is 20.5. The van der Waals surface area contributed by atoms with Crippen molar-refractivity contribution in [3.63, 3.8) is 0 Å². The molecule has 1 aromatic heterocycles. The molecule has 1 atom stereocenters. The third-order valence-electron chi connectivity index (χ3n) is 4.56. The molecule has 6 nitrogen and oxygen atoms in total. The Morgan fingerprint density at radius 3 is 2.54 bits per heavy atom. The molecule has 0 bridgehead atoms. The highest BCUT2D eigenvalue weighted by atomic mass is 35.5. The van der Waals surface area contributed by atoms with Crippen LogP contribution in [0.3, 0.4) is 0 Å². The van der Waals surface area contributed by atoms with Gasteiger partial charge in [-0.2, -0.15) is 0 Å². The first kappa shape index (κ1) is 22.2. The highest BCUT2D eigenvalue weighted by Crippen LogP contribution is 2.22. The van der Waals surface area contributed by atoms with Crippen LogP contribution in [0.25, 0.3) is 0 Å². The number of hydrogen-bond donors (Lipinski definition) is 1. The first-order valence-electron chi connectivity index (χ1n) is 9.72. The number of carbonyl (C=O) groups is 1. The van der Waals surface area contributed by atoms with Gasteiger partial charge >= 0.3 is 5.97 Å². The molecule has 154 valence electrons. The summed E-state index contributed by atoms with van der Waals surface area (Å²) in [7, 11) is 1.36. The number of aliphatic hydroxyl groups excluding tert-OH is 1. The number of nitrogens with zero attached hydrogens (tertiary/aromatic N) is 2. The molecule has 0 aliphatic carbocycles. The zero-order valence-corrected chi connectivity index (χ0v) is 17.5. The second-order valence-electron chi connectivity index (χ2n) is 6.68. The summed E-state index contributed by atoms with van der Waals surface area (Å²) in [6.45, 7) is 4.52. The van der Waals surface area contributed by atoms with E-state index in [2.05, 4.69) is 11.9 Å². The normalized spacial score (nSPS) is 12.0. The molecule has 1 heterocycles. The van der Waals surface area contributed by atoms with Crippen LogP contribution in [0.2, 0.25) is 5.15 Å². The number of imidazole rings is 1. The van der Waals surface area contributed by atoms with Crippen LogP contribution in [0, 0.1) is 0 Å². The van der Waals surface area contributed by atoms with Gasteiger partial charge in [0.15, 0.2) is 11.3 Å². The van der Waals surface area contributed by atoms with E-state index < -0.39 is 6.10 Å². The summed E-state index contributed by atoms with van der Waals surface area (Å²) in [6.07, 6.45) is 3.71. The second kappa shape index (κ2) is 11.1. The summed E-state index contributed by atoms with van der Waals surface area (Å²) >= 11 is 6.20. The Hall–Kier alpha value is -2.05. The third kappa shape index (κ3) is 5.72. The smallest absolute Gasteiger partial charge is 0.347 e. The summed E-state index contributed by atoms with van der Waals surface area (Å²) < 4.78 is 12.6. The fourth-order valence-electron chi connectivity index (χ4n) is 3.01. The van der Waals surface area contributed by atoms with Crippen molar-refractivity contribution >= 4 is 17.6 Å². The van der Waals surface area contributed by atoms with Gasteiger partial charge in [-0.1, -0.05) is 50.4 Å². The fourth-order valence-corrected chi connectivity index (χ4v) is 3.27. The molecular formula is C21H29ClN2O4. The van der Waals surface area contributed by atoms with Gasteiger partial charge in [0, 0.05) is 13.0 Å². The molecule has 7 heteroatoms. The number of aryl methyl sites for hydroxylation is 1. The lowest BCUT2D eigenvalue weighted by molar-refractivity contribution is -0.149. The summed E-state index contributed by atoms with van der Waals surface area (Å²) in [5.41, 5.74) is 1.65. The van der Waals surface area contributed by atoms with Crippen LogP contribution in [0.4, 0.5) is 0 Å². The van der Waals surface area contributed by atoms with Crippen LogP contribution in [0.5, 0.6) is 5.75 Å². The van der Waals surface area contributed by atoms with E-state index in [9.17, 15) is 9.90 Å². The first-order chi connectivity index (χ1) is 13.5. The van der Waals surface area contributed by atoms with Crippen LogP contribution in [0.1, 0.15) is 56.6 Å². The lowest BCUT2D eigenvalue weighted by Crippen LogP contribution is -2.28. The predicted octanol–water partition coefficient (Wildman–Crippen LogP) is 4.14. The molecule has 0 aliphatic heterocycles. The number of esters is 1. The van der Waals surface area contributed by atoms with Gasteiger partial charge in [0.05, 0.1) is 19.4 Å². The van der Waals surface area contributed by atoms with Gasteiger partial charge in [-0.3, -0.25) is 0 Å². The monoisotopic (exact) mass is 408 g/mol. The van der Waals surface area contributed by atoms with E-state index in [0.29, 0.717) is 29.6 Å². The van der Waals surface area contributed by atoms with Crippen LogP contribution in [0.15, 0.2) is 24.3 Å². The maximum atomic E-state index is 11.8. The van der Waals surface area contributed by atoms with Crippen molar-refractivity contribution in [3.8, 4) is 5.75 Å². The number of aromatic nitrogens is 2. The third-order valence-corrected chi connectivity index (χ3v) is 4.87. The Bertz CT molecular complexity index is 759. The van der Waals surface area contributed by atoms with E-state index in [1.165, 1.54) is 7.11 Å². The maximum Gasteiger partial charge on any atom is 0.347 e. The maximum absolute atomic E-state index is 11.8. The average Bonchev–Trinajstić information content (AvgIpc) is 3.00. The standard InChI is InChI=1S/C21H29ClN2O4/c1-4-6-8-19-23-20(22)17(14-25)24(19)13-15-9-11-16(12-10-15)28-18(7-5-2)21(26)27-3/h9-12,18,25H,4-8,13-14H2,1-3H3. The Balaban J connectivity index is 2.15. The van der Waals surface area contributed by atoms with Crippen LogP contribution in [-0.4, -0.2) is 33.8 Å². The number of aliphatic hydroxyl groups is 1. The van der Waals surface area contributed by atoms with E-state index in [1.807, 2.05) is 35.8 Å². The minimum atomic E-state index is -0.602. The van der Waals surface area contributed by atoms with Crippen molar-refractivity contribution in [1.29, 1.82) is 0 Å². The van der Waals surface area contributed by atoms with Crippen molar-refractivity contribution in [2.75, 3.05) is 7.11 Å². The SMILES string of the molecule is CCCCc1nc(Cl)c(CO)n1Cc1ccc(OC(CCC)C(=O)OC)cc1. The molecule has 2 aromatic rings. The number of halogens is 1. The number of carbonyl (C=O) groups excluding carboxylic acids is 1. The summed E-state index contributed by atoms with van der Waals surface area (Å²) in [4.78, 5) is 16.2. The quantitative estimate of drug-likeness (QED) is 0.565. The summed E-state index contributed by atoms with van der Waals surface area (Å²) in [6, 6.07) is 7.55. The molecule has 2 rings (SSSR count). The number of hydrogen-bond acceptors (Lipinski definition) is 5. The molecule has 0 fully saturated rings. The van der Waals surface area contributed by atoms with Crippen molar-refractivity contribution < 1.29 is 19.4 Å². The molecule has 0 saturated carbocycles. The van der Waals surface area contributed by atoms with Crippen molar-refractivity contribution in [2.24, 2.45) is 0 Å². The minimum absolute atomic E-state index is 0.156. The van der Waals surface area contributed by atoms with Gasteiger partial charge in [0.1, 0.15) is 11.6 Å². The van der Waals surface area contributed by atoms with Gasteiger partial charge in [0.2, 0.25) is 0 Å². The number of rotatable bonds is 11. The van der Waals surface area contributed by atoms with E-state index >= 15 is 0 Å². The van der Waals surface area contributed by atoms with Crippen molar-refractivity contribution in [2.45, 2.75) is 65.2 Å². The predicted molar refractivity (Wildman–Crippen MR) is 109 cm³/mol. The number of methoxy groups -OCH3 is 1. The van der Waals surface area contributed by atoms with Crippen molar-refractivity contribution in [1.82, 2.24) is 9.55 Å². The molecule has 0 spiro atoms. The lowest BCUT2D eigenvalue weighted by atomic mass is 10.2. The molecule has 0 amide bonds. The van der Waals surface area contributed by atoms with Gasteiger partial charge in [0.25, 0.3) is 0 Å². The van der Waals surface area contributed by atoms with E-state index in [-0.39, 0.29) is 12.6 Å². The molecule has 1 unspecified atom stereocenters. The molecule has 0 saturated heterocycles. The molecule has 0 aliphatic rings. The zero-order valence-electron chi connectivity index (χ0n) is 16.8. The molecule has 1 N–H and O–H groups in total. The Morgan fingerprint density at radius 2 is 1.96 bits per heavy atom. The molecular weight excluding hydrogens is 380 g/mol. The largest absolute Gasteiger partial charge is 0.479 e. The number of benzene rings is 1. The van der Waals surface area contributed by atoms with E-state index in [1.54, 1.807) is 0 Å². The molecule has 0 radical (unpaired) electrons.